The average molecular weight is 605 g/mol. The number of amides is 2. The molecular weight excluding hydrogens is 560 g/mol. The maximum atomic E-state index is 13.4. The molecule has 0 radical (unpaired) electrons. The summed E-state index contributed by atoms with van der Waals surface area (Å²) in [6.07, 6.45) is 7.52. The topological polar surface area (TPSA) is 139 Å². The first-order valence-electron chi connectivity index (χ1n) is 14.7. The molecule has 0 unspecified atom stereocenters. The Kier molecular flexibility index (Phi) is 11.6. The van der Waals surface area contributed by atoms with Gasteiger partial charge in [-0.15, -0.1) is 0 Å². The van der Waals surface area contributed by atoms with E-state index in [0.717, 1.165) is 37.9 Å². The Morgan fingerprint density at radius 1 is 1.10 bits per heavy atom. The van der Waals surface area contributed by atoms with Crippen LogP contribution in [0.1, 0.15) is 66.2 Å². The molecule has 0 spiro atoms. The lowest BCUT2D eigenvalue weighted by Gasteiger charge is -2.51. The van der Waals surface area contributed by atoms with Gasteiger partial charge in [0.2, 0.25) is 11.8 Å². The number of carbonyl (C=O) groups is 4. The van der Waals surface area contributed by atoms with Crippen molar-refractivity contribution in [2.24, 2.45) is 11.8 Å². The van der Waals surface area contributed by atoms with Gasteiger partial charge < -0.3 is 25.7 Å². The van der Waals surface area contributed by atoms with Gasteiger partial charge in [-0.05, 0) is 57.6 Å². The molecule has 2 atom stereocenters. The molecule has 10 nitrogen and oxygen atoms in total. The van der Waals surface area contributed by atoms with Gasteiger partial charge in [0.05, 0.1) is 23.2 Å². The lowest BCUT2D eigenvalue weighted by Crippen LogP contribution is -2.67. The highest BCUT2D eigenvalue weighted by Gasteiger charge is 2.45. The van der Waals surface area contributed by atoms with E-state index in [1.807, 2.05) is 29.2 Å². The summed E-state index contributed by atoms with van der Waals surface area (Å²) >= 11 is 6.41. The van der Waals surface area contributed by atoms with Crippen molar-refractivity contribution >= 4 is 41.0 Å². The normalized spacial score (nSPS) is 23.9. The second-order valence-corrected chi connectivity index (χ2v) is 13.1. The van der Waals surface area contributed by atoms with E-state index in [-0.39, 0.29) is 34.9 Å². The number of rotatable bonds is 8. The summed E-state index contributed by atoms with van der Waals surface area (Å²) in [5.41, 5.74) is 0.503. The zero-order valence-corrected chi connectivity index (χ0v) is 25.8. The van der Waals surface area contributed by atoms with E-state index in [1.54, 1.807) is 0 Å². The SMILES string of the molecule is CC(C)CC1(NC(=O)[C@@H]2CNC[C@H](N3CC(=O)N(c4ccccc4Cl)CC3(C)C)C2)CCCC1.O=C(O)/C=C/C(=O)O. The Bertz CT molecular complexity index is 1150. The maximum absolute atomic E-state index is 13.4. The number of hydrogen-bond donors (Lipinski definition) is 4. The summed E-state index contributed by atoms with van der Waals surface area (Å²) in [7, 11) is 0. The predicted molar refractivity (Wildman–Crippen MR) is 163 cm³/mol. The van der Waals surface area contributed by atoms with Crippen LogP contribution in [0.15, 0.2) is 36.4 Å². The standard InChI is InChI=1S/C27H41ClN4O2.C4H4O4/c1-19(2)14-27(11-7-8-12-27)30-25(34)20-13-21(16-29-15-20)32-17-24(33)31(18-26(32,3)4)23-10-6-5-9-22(23)28;5-3(6)1-2-4(7)8/h5-6,9-10,19-21,29H,7-8,11-18H2,1-4H3,(H,30,34);1-2H,(H,5,6)(H,7,8)/b;2-1+/t20-,21+;/m0./s1. The van der Waals surface area contributed by atoms with E-state index in [9.17, 15) is 19.2 Å². The molecule has 0 bridgehead atoms. The van der Waals surface area contributed by atoms with Gasteiger partial charge in [0.15, 0.2) is 0 Å². The maximum Gasteiger partial charge on any atom is 0.328 e. The molecule has 3 aliphatic rings. The molecule has 1 aliphatic carbocycles. The van der Waals surface area contributed by atoms with E-state index >= 15 is 0 Å². The van der Waals surface area contributed by atoms with Crippen LogP contribution >= 0.6 is 11.6 Å². The number of hydrogen-bond acceptors (Lipinski definition) is 6. The van der Waals surface area contributed by atoms with Crippen molar-refractivity contribution in [2.45, 2.75) is 83.3 Å². The second kappa shape index (κ2) is 14.5. The number of piperazine rings is 1. The van der Waals surface area contributed by atoms with Crippen molar-refractivity contribution in [1.82, 2.24) is 15.5 Å². The van der Waals surface area contributed by atoms with Gasteiger partial charge >= 0.3 is 11.9 Å². The smallest absolute Gasteiger partial charge is 0.328 e. The molecule has 3 fully saturated rings. The molecule has 0 aromatic heterocycles. The zero-order valence-electron chi connectivity index (χ0n) is 25.1. The van der Waals surface area contributed by atoms with Crippen molar-refractivity contribution in [3.05, 3.63) is 41.4 Å². The lowest BCUT2D eigenvalue weighted by atomic mass is 9.85. The van der Waals surface area contributed by atoms with Crippen LogP contribution in [0.5, 0.6) is 0 Å². The van der Waals surface area contributed by atoms with Gasteiger partial charge in [0.1, 0.15) is 0 Å². The lowest BCUT2D eigenvalue weighted by molar-refractivity contribution is -0.134. The molecule has 2 aliphatic heterocycles. The summed E-state index contributed by atoms with van der Waals surface area (Å²) in [6.45, 7) is 11.2. The number of nitrogens with one attached hydrogen (secondary N) is 2. The Hall–Kier alpha value is -2.95. The van der Waals surface area contributed by atoms with Crippen molar-refractivity contribution in [3.8, 4) is 0 Å². The third-order valence-electron chi connectivity index (χ3n) is 8.33. The fourth-order valence-corrected chi connectivity index (χ4v) is 6.84. The summed E-state index contributed by atoms with van der Waals surface area (Å²) < 4.78 is 0. The number of benzene rings is 1. The fourth-order valence-electron chi connectivity index (χ4n) is 6.60. The van der Waals surface area contributed by atoms with Crippen LogP contribution in [0.3, 0.4) is 0 Å². The third kappa shape index (κ3) is 9.02. The number of aliphatic carboxylic acids is 2. The van der Waals surface area contributed by atoms with Gasteiger partial charge in [-0.25, -0.2) is 9.59 Å². The molecule has 42 heavy (non-hydrogen) atoms. The highest BCUT2D eigenvalue weighted by Crippen LogP contribution is 2.37. The molecule has 1 aromatic carbocycles. The highest BCUT2D eigenvalue weighted by molar-refractivity contribution is 6.33. The van der Waals surface area contributed by atoms with Crippen molar-refractivity contribution in [2.75, 3.05) is 31.1 Å². The predicted octanol–water partition coefficient (Wildman–Crippen LogP) is 3.93. The first kappa shape index (κ1) is 33.6. The first-order chi connectivity index (χ1) is 19.7. The summed E-state index contributed by atoms with van der Waals surface area (Å²) in [5.74, 6) is -1.79. The number of carboxylic acid groups (broad SMARTS) is 2. The number of anilines is 1. The van der Waals surface area contributed by atoms with E-state index in [1.165, 1.54) is 12.8 Å². The number of halogens is 1. The van der Waals surface area contributed by atoms with Gasteiger partial charge in [0, 0.05) is 48.9 Å². The monoisotopic (exact) mass is 604 g/mol. The van der Waals surface area contributed by atoms with Crippen LogP contribution < -0.4 is 15.5 Å². The van der Waals surface area contributed by atoms with Gasteiger partial charge in [0.25, 0.3) is 0 Å². The van der Waals surface area contributed by atoms with Crippen LogP contribution in [-0.2, 0) is 19.2 Å². The molecule has 1 saturated carbocycles. The first-order valence-corrected chi connectivity index (χ1v) is 15.1. The number of carbonyl (C=O) groups excluding carboxylic acids is 2. The number of piperidine rings is 1. The quantitative estimate of drug-likeness (QED) is 0.327. The minimum Gasteiger partial charge on any atom is -0.478 e. The molecular formula is C31H45ClN4O6. The highest BCUT2D eigenvalue weighted by atomic mass is 35.5. The van der Waals surface area contributed by atoms with Crippen molar-refractivity contribution in [3.63, 3.8) is 0 Å². The average Bonchev–Trinajstić information content (AvgIpc) is 3.36. The zero-order chi connectivity index (χ0) is 31.1. The molecule has 11 heteroatoms. The Balaban J connectivity index is 0.000000531. The van der Waals surface area contributed by atoms with E-state index < -0.39 is 11.9 Å². The molecule has 4 rings (SSSR count). The second-order valence-electron chi connectivity index (χ2n) is 12.7. The van der Waals surface area contributed by atoms with Crippen LogP contribution in [0.2, 0.25) is 5.02 Å². The van der Waals surface area contributed by atoms with Gasteiger partial charge in [-0.2, -0.15) is 0 Å². The Morgan fingerprint density at radius 3 is 2.29 bits per heavy atom. The summed E-state index contributed by atoms with van der Waals surface area (Å²) in [4.78, 5) is 49.8. The van der Waals surface area contributed by atoms with Crippen LogP contribution in [0.4, 0.5) is 5.69 Å². The van der Waals surface area contributed by atoms with Crippen LogP contribution in [-0.4, -0.2) is 82.2 Å². The molecule has 1 aromatic rings. The van der Waals surface area contributed by atoms with Crippen LogP contribution in [0.25, 0.3) is 0 Å². The number of nitrogens with zero attached hydrogens (tertiary/aromatic N) is 2. The van der Waals surface area contributed by atoms with Crippen molar-refractivity contribution in [1.29, 1.82) is 0 Å². The van der Waals surface area contributed by atoms with Crippen molar-refractivity contribution < 1.29 is 29.4 Å². The molecule has 2 saturated heterocycles. The minimum atomic E-state index is -1.26. The number of carboxylic acids is 2. The Labute approximate surface area is 253 Å². The van der Waals surface area contributed by atoms with Crippen LogP contribution in [0, 0.1) is 11.8 Å². The molecule has 4 N–H and O–H groups in total. The van der Waals surface area contributed by atoms with E-state index in [4.69, 9.17) is 21.8 Å². The molecule has 2 heterocycles. The fraction of sp³-hybridized carbons (Fsp3) is 0.613. The summed E-state index contributed by atoms with van der Waals surface area (Å²) in [6, 6.07) is 7.67. The summed E-state index contributed by atoms with van der Waals surface area (Å²) in [5, 5.41) is 23.2. The number of para-hydroxylation sites is 1. The largest absolute Gasteiger partial charge is 0.478 e. The molecule has 2 amide bonds. The third-order valence-corrected chi connectivity index (χ3v) is 8.65. The van der Waals surface area contributed by atoms with Gasteiger partial charge in [-0.3, -0.25) is 14.5 Å². The van der Waals surface area contributed by atoms with Gasteiger partial charge in [-0.1, -0.05) is 50.4 Å². The van der Waals surface area contributed by atoms with E-state index in [2.05, 4.69) is 43.2 Å². The molecule has 232 valence electrons. The van der Waals surface area contributed by atoms with E-state index in [0.29, 0.717) is 42.7 Å². The Morgan fingerprint density at radius 2 is 1.71 bits per heavy atom. The minimum absolute atomic E-state index is 0.0337.